The molecule has 1 amide bonds. The van der Waals surface area contributed by atoms with Gasteiger partial charge in [0.25, 0.3) is 0 Å². The maximum atomic E-state index is 12.0. The van der Waals surface area contributed by atoms with Crippen molar-refractivity contribution in [3.63, 3.8) is 0 Å². The van der Waals surface area contributed by atoms with Crippen LogP contribution in [0, 0.1) is 13.8 Å². The molecule has 0 atom stereocenters. The topological polar surface area (TPSA) is 47.6 Å². The van der Waals surface area contributed by atoms with Gasteiger partial charge in [0.1, 0.15) is 0 Å². The molecule has 0 bridgehead atoms. The van der Waals surface area contributed by atoms with Crippen molar-refractivity contribution < 1.29 is 14.3 Å². The predicted molar refractivity (Wildman–Crippen MR) is 93.3 cm³/mol. The van der Waals surface area contributed by atoms with Gasteiger partial charge in [0.15, 0.2) is 11.5 Å². The van der Waals surface area contributed by atoms with Crippen LogP contribution in [0.3, 0.4) is 0 Å². The van der Waals surface area contributed by atoms with Gasteiger partial charge in [0.05, 0.1) is 5.75 Å². The molecule has 5 heteroatoms. The second-order valence-corrected chi connectivity index (χ2v) is 6.59. The maximum absolute atomic E-state index is 12.0. The highest BCUT2D eigenvalue weighted by molar-refractivity contribution is 7.99. The average molecular weight is 329 g/mol. The summed E-state index contributed by atoms with van der Waals surface area (Å²) < 4.78 is 10.6. The summed E-state index contributed by atoms with van der Waals surface area (Å²) >= 11 is 1.61. The fraction of sp³-hybridized carbons (Fsp3) is 0.278. The summed E-state index contributed by atoms with van der Waals surface area (Å²) in [6, 6.07) is 11.9. The van der Waals surface area contributed by atoms with Crippen molar-refractivity contribution in [3.8, 4) is 11.5 Å². The van der Waals surface area contributed by atoms with E-state index in [1.165, 1.54) is 16.7 Å². The van der Waals surface area contributed by atoms with Gasteiger partial charge >= 0.3 is 0 Å². The minimum absolute atomic E-state index is 0.0155. The van der Waals surface area contributed by atoms with Crippen molar-refractivity contribution in [2.75, 3.05) is 17.9 Å². The first-order valence-corrected chi connectivity index (χ1v) is 8.60. The molecule has 0 saturated heterocycles. The Bertz CT molecular complexity index is 710. The van der Waals surface area contributed by atoms with Crippen LogP contribution in [0.25, 0.3) is 0 Å². The number of fused-ring (bicyclic) bond motifs is 1. The maximum Gasteiger partial charge on any atom is 0.234 e. The van der Waals surface area contributed by atoms with Crippen LogP contribution in [0.4, 0.5) is 5.69 Å². The van der Waals surface area contributed by atoms with E-state index in [1.807, 2.05) is 6.07 Å². The number of hydrogen-bond donors (Lipinski definition) is 1. The van der Waals surface area contributed by atoms with E-state index in [0.717, 1.165) is 11.4 Å². The van der Waals surface area contributed by atoms with E-state index < -0.39 is 0 Å². The zero-order valence-corrected chi connectivity index (χ0v) is 14.0. The number of hydrogen-bond acceptors (Lipinski definition) is 4. The van der Waals surface area contributed by atoms with Crippen LogP contribution in [0.5, 0.6) is 11.5 Å². The summed E-state index contributed by atoms with van der Waals surface area (Å²) in [7, 11) is 0. The number of ether oxygens (including phenoxy) is 2. The molecule has 1 N–H and O–H groups in total. The number of aryl methyl sites for hydroxylation is 2. The lowest BCUT2D eigenvalue weighted by atomic mass is 10.1. The molecule has 1 aliphatic heterocycles. The van der Waals surface area contributed by atoms with Gasteiger partial charge < -0.3 is 14.8 Å². The zero-order chi connectivity index (χ0) is 16.2. The van der Waals surface area contributed by atoms with Crippen LogP contribution in [0.1, 0.15) is 16.7 Å². The number of carbonyl (C=O) groups is 1. The first-order valence-electron chi connectivity index (χ1n) is 7.44. The Morgan fingerprint density at radius 3 is 2.61 bits per heavy atom. The monoisotopic (exact) mass is 329 g/mol. The van der Waals surface area contributed by atoms with Gasteiger partial charge in [-0.2, -0.15) is 0 Å². The summed E-state index contributed by atoms with van der Waals surface area (Å²) in [4.78, 5) is 12.0. The van der Waals surface area contributed by atoms with Crippen molar-refractivity contribution in [1.82, 2.24) is 0 Å². The highest BCUT2D eigenvalue weighted by Crippen LogP contribution is 2.34. The molecule has 0 saturated carbocycles. The molecule has 0 radical (unpaired) electrons. The highest BCUT2D eigenvalue weighted by Gasteiger charge is 2.14. The predicted octanol–water partition coefficient (Wildman–Crippen LogP) is 3.90. The molecule has 0 unspecified atom stereocenters. The molecule has 3 rings (SSSR count). The van der Waals surface area contributed by atoms with Gasteiger partial charge in [0.2, 0.25) is 12.7 Å². The lowest BCUT2D eigenvalue weighted by molar-refractivity contribution is -0.113. The van der Waals surface area contributed by atoms with E-state index >= 15 is 0 Å². The van der Waals surface area contributed by atoms with Crippen molar-refractivity contribution in [2.24, 2.45) is 0 Å². The molecule has 120 valence electrons. The lowest BCUT2D eigenvalue weighted by Gasteiger charge is -2.07. The lowest BCUT2D eigenvalue weighted by Crippen LogP contribution is -2.14. The van der Waals surface area contributed by atoms with Gasteiger partial charge in [-0.15, -0.1) is 11.8 Å². The molecule has 1 aliphatic rings. The molecular formula is C18H19NO3S. The van der Waals surface area contributed by atoms with E-state index in [2.05, 4.69) is 37.4 Å². The Hall–Kier alpha value is -2.14. The van der Waals surface area contributed by atoms with E-state index in [1.54, 1.807) is 23.9 Å². The number of thioether (sulfide) groups is 1. The molecule has 23 heavy (non-hydrogen) atoms. The zero-order valence-electron chi connectivity index (χ0n) is 13.2. The van der Waals surface area contributed by atoms with Gasteiger partial charge in [-0.05, 0) is 31.5 Å². The minimum Gasteiger partial charge on any atom is -0.454 e. The number of carbonyl (C=O) groups excluding carboxylic acids is 1. The molecule has 1 heterocycles. The van der Waals surface area contributed by atoms with E-state index in [0.29, 0.717) is 17.3 Å². The minimum atomic E-state index is -0.0155. The van der Waals surface area contributed by atoms with Crippen LogP contribution in [-0.2, 0) is 10.5 Å². The smallest absolute Gasteiger partial charge is 0.234 e. The Morgan fingerprint density at radius 2 is 1.83 bits per heavy atom. The largest absolute Gasteiger partial charge is 0.454 e. The van der Waals surface area contributed by atoms with Crippen LogP contribution >= 0.6 is 11.8 Å². The molecule has 4 nitrogen and oxygen atoms in total. The van der Waals surface area contributed by atoms with Crippen LogP contribution in [-0.4, -0.2) is 18.5 Å². The number of nitrogens with one attached hydrogen (secondary N) is 1. The van der Waals surface area contributed by atoms with Gasteiger partial charge in [-0.3, -0.25) is 4.79 Å². The third-order valence-electron chi connectivity index (χ3n) is 3.44. The average Bonchev–Trinajstić information content (AvgIpc) is 2.93. The second-order valence-electron chi connectivity index (χ2n) is 5.60. The molecule has 0 aromatic heterocycles. The Labute approximate surface area is 140 Å². The number of benzene rings is 2. The SMILES string of the molecule is Cc1cc(C)cc(CSCC(=O)Nc2ccc3c(c2)OCO3)c1. The van der Waals surface area contributed by atoms with E-state index in [9.17, 15) is 4.79 Å². The Morgan fingerprint density at radius 1 is 1.09 bits per heavy atom. The third kappa shape index (κ3) is 4.20. The van der Waals surface area contributed by atoms with Crippen molar-refractivity contribution in [2.45, 2.75) is 19.6 Å². The van der Waals surface area contributed by atoms with Crippen molar-refractivity contribution in [1.29, 1.82) is 0 Å². The van der Waals surface area contributed by atoms with Crippen molar-refractivity contribution in [3.05, 3.63) is 53.1 Å². The Balaban J connectivity index is 1.50. The number of amides is 1. The Kier molecular flexibility index (Phi) is 4.76. The first kappa shape index (κ1) is 15.7. The van der Waals surface area contributed by atoms with Gasteiger partial charge in [0, 0.05) is 17.5 Å². The molecule has 2 aromatic carbocycles. The van der Waals surface area contributed by atoms with Crippen LogP contribution < -0.4 is 14.8 Å². The third-order valence-corrected chi connectivity index (χ3v) is 4.44. The van der Waals surface area contributed by atoms with Crippen molar-refractivity contribution >= 4 is 23.4 Å². The van der Waals surface area contributed by atoms with E-state index in [4.69, 9.17) is 9.47 Å². The highest BCUT2D eigenvalue weighted by atomic mass is 32.2. The number of anilines is 1. The van der Waals surface area contributed by atoms with Crippen LogP contribution in [0.15, 0.2) is 36.4 Å². The summed E-state index contributed by atoms with van der Waals surface area (Å²) in [5, 5.41) is 2.89. The molecule has 0 aliphatic carbocycles. The fourth-order valence-corrected chi connectivity index (χ4v) is 3.35. The van der Waals surface area contributed by atoms with Crippen LogP contribution in [0.2, 0.25) is 0 Å². The summed E-state index contributed by atoms with van der Waals surface area (Å²) in [5.74, 6) is 2.62. The van der Waals surface area contributed by atoms with Gasteiger partial charge in [-0.25, -0.2) is 0 Å². The first-order chi connectivity index (χ1) is 11.1. The van der Waals surface area contributed by atoms with Gasteiger partial charge in [-0.1, -0.05) is 29.3 Å². The standard InChI is InChI=1S/C18H19NO3S/c1-12-5-13(2)7-14(6-12)9-23-10-18(20)19-15-3-4-16-17(8-15)22-11-21-16/h3-8H,9-11H2,1-2H3,(H,19,20). The second kappa shape index (κ2) is 6.96. The molecule has 2 aromatic rings. The molecular weight excluding hydrogens is 310 g/mol. The molecule has 0 spiro atoms. The van der Waals surface area contributed by atoms with E-state index in [-0.39, 0.29) is 12.7 Å². The summed E-state index contributed by atoms with van der Waals surface area (Å²) in [6.45, 7) is 4.42. The number of rotatable bonds is 5. The normalized spacial score (nSPS) is 12.3. The summed E-state index contributed by atoms with van der Waals surface area (Å²) in [5.41, 5.74) is 4.49. The molecule has 0 fully saturated rings. The summed E-state index contributed by atoms with van der Waals surface area (Å²) in [6.07, 6.45) is 0. The fourth-order valence-electron chi connectivity index (χ4n) is 2.59. The quantitative estimate of drug-likeness (QED) is 0.903.